The Bertz CT molecular complexity index is 934. The van der Waals surface area contributed by atoms with Crippen molar-refractivity contribution in [2.24, 2.45) is 17.8 Å². The molecular formula is C21H23N3O3. The number of carbonyl (C=O) groups excluding carboxylic acids is 1. The van der Waals surface area contributed by atoms with Gasteiger partial charge in [0, 0.05) is 18.2 Å². The Labute approximate surface area is 157 Å². The molecule has 0 saturated heterocycles. The number of ether oxygens (including phenoxy) is 1. The first kappa shape index (κ1) is 17.5. The SMILES string of the molecule is COc1cccc(-c2ccc(=O)n(CC(=O)NCC3CC4C=CC3C4)n2)c1. The fraction of sp³-hybridized carbons (Fsp3) is 0.381. The summed E-state index contributed by atoms with van der Waals surface area (Å²) in [7, 11) is 1.60. The van der Waals surface area contributed by atoms with E-state index in [4.69, 9.17) is 4.74 Å². The smallest absolute Gasteiger partial charge is 0.267 e. The van der Waals surface area contributed by atoms with Crippen LogP contribution in [0.15, 0.2) is 53.3 Å². The summed E-state index contributed by atoms with van der Waals surface area (Å²) >= 11 is 0. The van der Waals surface area contributed by atoms with Crippen molar-refractivity contribution in [1.29, 1.82) is 0 Å². The van der Waals surface area contributed by atoms with Crippen LogP contribution in [0.1, 0.15) is 12.8 Å². The molecule has 6 nitrogen and oxygen atoms in total. The number of nitrogens with one attached hydrogen (secondary N) is 1. The van der Waals surface area contributed by atoms with Crippen molar-refractivity contribution in [3.05, 3.63) is 58.9 Å². The molecule has 1 aromatic carbocycles. The van der Waals surface area contributed by atoms with Crippen LogP contribution in [0.4, 0.5) is 0 Å². The monoisotopic (exact) mass is 365 g/mol. The highest BCUT2D eigenvalue weighted by Crippen LogP contribution is 2.42. The molecule has 0 aliphatic heterocycles. The zero-order valence-corrected chi connectivity index (χ0v) is 15.3. The van der Waals surface area contributed by atoms with Crippen molar-refractivity contribution in [3.63, 3.8) is 0 Å². The molecule has 2 aliphatic rings. The summed E-state index contributed by atoms with van der Waals surface area (Å²) in [5, 5.41) is 7.32. The first-order valence-corrected chi connectivity index (χ1v) is 9.30. The zero-order valence-electron chi connectivity index (χ0n) is 15.3. The van der Waals surface area contributed by atoms with Crippen LogP contribution in [0, 0.1) is 17.8 Å². The minimum Gasteiger partial charge on any atom is -0.497 e. The molecule has 1 fully saturated rings. The minimum atomic E-state index is -0.292. The van der Waals surface area contributed by atoms with Crippen LogP contribution >= 0.6 is 0 Å². The second-order valence-electron chi connectivity index (χ2n) is 7.29. The number of hydrogen-bond acceptors (Lipinski definition) is 4. The molecule has 0 radical (unpaired) electrons. The molecule has 6 heteroatoms. The summed E-state index contributed by atoms with van der Waals surface area (Å²) in [6, 6.07) is 10.5. The summed E-state index contributed by atoms with van der Waals surface area (Å²) < 4.78 is 6.44. The lowest BCUT2D eigenvalue weighted by molar-refractivity contribution is -0.122. The Hall–Kier alpha value is -2.89. The standard InChI is InChI=1S/C21H23N3O3/c1-27-18-4-2-3-16(11-18)19-7-8-21(26)24(23-19)13-20(25)22-12-17-10-14-5-6-15(17)9-14/h2-8,11,14-15,17H,9-10,12-13H2,1H3,(H,22,25). The van der Waals surface area contributed by atoms with E-state index in [1.54, 1.807) is 13.2 Å². The molecule has 2 aliphatic carbocycles. The molecule has 0 spiro atoms. The first-order valence-electron chi connectivity index (χ1n) is 9.30. The van der Waals surface area contributed by atoms with Gasteiger partial charge in [0.25, 0.3) is 5.56 Å². The average molecular weight is 365 g/mol. The van der Waals surface area contributed by atoms with E-state index in [-0.39, 0.29) is 18.0 Å². The van der Waals surface area contributed by atoms with Gasteiger partial charge in [-0.2, -0.15) is 5.10 Å². The number of aromatic nitrogens is 2. The topological polar surface area (TPSA) is 73.2 Å². The van der Waals surface area contributed by atoms with E-state index in [9.17, 15) is 9.59 Å². The Morgan fingerprint density at radius 2 is 2.15 bits per heavy atom. The van der Waals surface area contributed by atoms with Gasteiger partial charge in [0.15, 0.2) is 0 Å². The maximum atomic E-state index is 12.3. The van der Waals surface area contributed by atoms with Gasteiger partial charge in [-0.1, -0.05) is 24.3 Å². The Morgan fingerprint density at radius 1 is 1.26 bits per heavy atom. The lowest BCUT2D eigenvalue weighted by Crippen LogP contribution is -2.36. The molecule has 3 atom stereocenters. The number of hydrogen-bond donors (Lipinski definition) is 1. The third-order valence-electron chi connectivity index (χ3n) is 5.50. The van der Waals surface area contributed by atoms with Crippen LogP contribution < -0.4 is 15.6 Å². The first-order chi connectivity index (χ1) is 13.1. The quantitative estimate of drug-likeness (QED) is 0.797. The van der Waals surface area contributed by atoms with Gasteiger partial charge in [-0.25, -0.2) is 4.68 Å². The molecule has 1 heterocycles. The van der Waals surface area contributed by atoms with Crippen LogP contribution in [0.5, 0.6) is 5.75 Å². The molecular weight excluding hydrogens is 342 g/mol. The van der Waals surface area contributed by atoms with Gasteiger partial charge >= 0.3 is 0 Å². The lowest BCUT2D eigenvalue weighted by atomic mass is 9.94. The fourth-order valence-electron chi connectivity index (χ4n) is 4.06. The van der Waals surface area contributed by atoms with E-state index >= 15 is 0 Å². The minimum absolute atomic E-state index is 0.0761. The predicted octanol–water partition coefficient (Wildman–Crippen LogP) is 2.25. The molecule has 2 bridgehead atoms. The van der Waals surface area contributed by atoms with Crippen LogP contribution in [0.3, 0.4) is 0 Å². The predicted molar refractivity (Wildman–Crippen MR) is 102 cm³/mol. The van der Waals surface area contributed by atoms with E-state index in [1.165, 1.54) is 17.2 Å². The molecule has 1 aromatic heterocycles. The van der Waals surface area contributed by atoms with Crippen molar-refractivity contribution < 1.29 is 9.53 Å². The number of fused-ring (bicyclic) bond motifs is 2. The molecule has 27 heavy (non-hydrogen) atoms. The maximum Gasteiger partial charge on any atom is 0.267 e. The number of allylic oxidation sites excluding steroid dienone is 2. The summed E-state index contributed by atoms with van der Waals surface area (Å²) in [4.78, 5) is 24.4. The van der Waals surface area contributed by atoms with Gasteiger partial charge in [-0.3, -0.25) is 9.59 Å². The molecule has 140 valence electrons. The maximum absolute atomic E-state index is 12.3. The average Bonchev–Trinajstić information content (AvgIpc) is 3.31. The van der Waals surface area contributed by atoms with Crippen molar-refractivity contribution >= 4 is 5.91 Å². The molecule has 1 amide bonds. The number of nitrogens with zero attached hydrogens (tertiary/aromatic N) is 2. The Morgan fingerprint density at radius 3 is 2.89 bits per heavy atom. The summed E-state index contributed by atoms with van der Waals surface area (Å²) in [5.41, 5.74) is 1.16. The Kier molecular flexibility index (Phi) is 4.79. The third kappa shape index (κ3) is 3.79. The largest absolute Gasteiger partial charge is 0.497 e. The second kappa shape index (κ2) is 7.39. The van der Waals surface area contributed by atoms with Gasteiger partial charge in [0.05, 0.1) is 12.8 Å². The number of benzene rings is 1. The van der Waals surface area contributed by atoms with E-state index in [0.29, 0.717) is 35.7 Å². The molecule has 3 unspecified atom stereocenters. The summed E-state index contributed by atoms with van der Waals surface area (Å²) in [6.45, 7) is 0.585. The lowest BCUT2D eigenvalue weighted by Gasteiger charge is -2.18. The molecule has 1 N–H and O–H groups in total. The van der Waals surface area contributed by atoms with E-state index in [0.717, 1.165) is 12.0 Å². The van der Waals surface area contributed by atoms with Gasteiger partial charge in [0.1, 0.15) is 12.3 Å². The number of rotatable bonds is 6. The van der Waals surface area contributed by atoms with Crippen molar-refractivity contribution in [2.75, 3.05) is 13.7 Å². The zero-order chi connectivity index (χ0) is 18.8. The third-order valence-corrected chi connectivity index (χ3v) is 5.50. The van der Waals surface area contributed by atoms with Crippen LogP contribution in [-0.2, 0) is 11.3 Å². The highest BCUT2D eigenvalue weighted by atomic mass is 16.5. The summed E-state index contributed by atoms with van der Waals surface area (Å²) in [5.74, 6) is 2.31. The van der Waals surface area contributed by atoms with Crippen molar-refractivity contribution in [2.45, 2.75) is 19.4 Å². The summed E-state index contributed by atoms with van der Waals surface area (Å²) in [6.07, 6.45) is 6.92. The van der Waals surface area contributed by atoms with Crippen molar-refractivity contribution in [1.82, 2.24) is 15.1 Å². The van der Waals surface area contributed by atoms with E-state index in [1.807, 2.05) is 24.3 Å². The van der Waals surface area contributed by atoms with Crippen LogP contribution in [-0.4, -0.2) is 29.3 Å². The van der Waals surface area contributed by atoms with E-state index in [2.05, 4.69) is 22.6 Å². The Balaban J connectivity index is 1.42. The normalized spacial score (nSPS) is 22.8. The number of carbonyl (C=O) groups is 1. The van der Waals surface area contributed by atoms with Crippen molar-refractivity contribution in [3.8, 4) is 17.0 Å². The highest BCUT2D eigenvalue weighted by Gasteiger charge is 2.35. The molecule has 4 rings (SSSR count). The van der Waals surface area contributed by atoms with Gasteiger partial charge < -0.3 is 10.1 Å². The molecule has 2 aromatic rings. The molecule has 1 saturated carbocycles. The van der Waals surface area contributed by atoms with E-state index < -0.39 is 0 Å². The number of methoxy groups -OCH3 is 1. The fourth-order valence-corrected chi connectivity index (χ4v) is 4.06. The van der Waals surface area contributed by atoms with Gasteiger partial charge in [-0.15, -0.1) is 0 Å². The second-order valence-corrected chi connectivity index (χ2v) is 7.29. The van der Waals surface area contributed by atoms with Crippen LogP contribution in [0.25, 0.3) is 11.3 Å². The van der Waals surface area contributed by atoms with Gasteiger partial charge in [0.2, 0.25) is 5.91 Å². The highest BCUT2D eigenvalue weighted by molar-refractivity contribution is 5.75. The number of amides is 1. The van der Waals surface area contributed by atoms with Gasteiger partial charge in [-0.05, 0) is 48.8 Å². The van der Waals surface area contributed by atoms with Crippen LogP contribution in [0.2, 0.25) is 0 Å².